The summed E-state index contributed by atoms with van der Waals surface area (Å²) in [6, 6.07) is 0. The maximum Gasteiger partial charge on any atom is 0.300 e. The summed E-state index contributed by atoms with van der Waals surface area (Å²) in [5, 5.41) is 25.1. The van der Waals surface area contributed by atoms with Crippen LogP contribution in [0.4, 0.5) is 0 Å². The van der Waals surface area contributed by atoms with Gasteiger partial charge in [0, 0.05) is 26.6 Å². The van der Waals surface area contributed by atoms with Gasteiger partial charge in [-0.05, 0) is 26.7 Å². The fraction of sp³-hybridized carbons (Fsp3) is 0.917. The van der Waals surface area contributed by atoms with E-state index in [2.05, 4.69) is 0 Å². The molecule has 0 bridgehead atoms. The molecule has 0 spiro atoms. The number of carboxylic acid groups (broad SMARTS) is 1. The van der Waals surface area contributed by atoms with Crippen molar-refractivity contribution in [3.63, 3.8) is 0 Å². The normalized spacial score (nSPS) is 26.1. The number of ether oxygens (including phenoxy) is 2. The number of carbonyl (C=O) groups is 1. The molecule has 3 N–H and O–H groups in total. The van der Waals surface area contributed by atoms with Crippen LogP contribution in [0.2, 0.25) is 0 Å². The van der Waals surface area contributed by atoms with E-state index < -0.39 is 11.8 Å². The van der Waals surface area contributed by atoms with Crippen LogP contribution < -0.4 is 0 Å². The molecule has 0 radical (unpaired) electrons. The minimum atomic E-state index is -0.833. The van der Waals surface area contributed by atoms with Gasteiger partial charge < -0.3 is 24.8 Å². The van der Waals surface area contributed by atoms with Crippen LogP contribution >= 0.6 is 0 Å². The summed E-state index contributed by atoms with van der Waals surface area (Å²) in [4.78, 5) is 9.00. The number of rotatable bonds is 4. The highest BCUT2D eigenvalue weighted by Crippen LogP contribution is 2.29. The third-order valence-electron chi connectivity index (χ3n) is 2.33. The van der Waals surface area contributed by atoms with E-state index in [1.165, 1.54) is 0 Å². The van der Waals surface area contributed by atoms with Gasteiger partial charge in [-0.25, -0.2) is 0 Å². The Morgan fingerprint density at radius 1 is 1.17 bits per heavy atom. The minimum absolute atomic E-state index is 0.0419. The van der Waals surface area contributed by atoms with E-state index in [4.69, 9.17) is 29.6 Å². The Hall–Kier alpha value is -0.690. The summed E-state index contributed by atoms with van der Waals surface area (Å²) in [5.41, 5.74) is 0. The van der Waals surface area contributed by atoms with E-state index in [1.54, 1.807) is 0 Å². The average Bonchev–Trinajstić information content (AvgIpc) is 2.14. The molecule has 1 aliphatic rings. The average molecular weight is 264 g/mol. The summed E-state index contributed by atoms with van der Waals surface area (Å²) >= 11 is 0. The molecule has 18 heavy (non-hydrogen) atoms. The van der Waals surface area contributed by atoms with Crippen LogP contribution in [-0.4, -0.2) is 52.5 Å². The smallest absolute Gasteiger partial charge is 0.300 e. The van der Waals surface area contributed by atoms with Gasteiger partial charge in [0.05, 0.1) is 12.2 Å². The van der Waals surface area contributed by atoms with Crippen LogP contribution in [0.3, 0.4) is 0 Å². The lowest BCUT2D eigenvalue weighted by molar-refractivity contribution is -0.302. The highest BCUT2D eigenvalue weighted by molar-refractivity contribution is 5.62. The largest absolute Gasteiger partial charge is 0.481 e. The zero-order valence-corrected chi connectivity index (χ0v) is 11.3. The van der Waals surface area contributed by atoms with Crippen LogP contribution in [0.1, 0.15) is 40.0 Å². The second kappa shape index (κ2) is 8.42. The van der Waals surface area contributed by atoms with E-state index in [1.807, 2.05) is 13.8 Å². The Morgan fingerprint density at radius 3 is 1.78 bits per heavy atom. The van der Waals surface area contributed by atoms with Gasteiger partial charge in [-0.3, -0.25) is 4.79 Å². The zero-order valence-electron chi connectivity index (χ0n) is 11.3. The lowest BCUT2D eigenvalue weighted by atomic mass is 10.0. The third kappa shape index (κ3) is 8.41. The van der Waals surface area contributed by atoms with Gasteiger partial charge in [-0.15, -0.1) is 0 Å². The highest BCUT2D eigenvalue weighted by atomic mass is 16.7. The van der Waals surface area contributed by atoms with Crippen molar-refractivity contribution in [2.75, 3.05) is 13.2 Å². The molecule has 1 aliphatic heterocycles. The Labute approximate surface area is 108 Å². The molecule has 6 nitrogen and oxygen atoms in total. The van der Waals surface area contributed by atoms with Crippen LogP contribution in [0.25, 0.3) is 0 Å². The Kier molecular flexibility index (Phi) is 8.10. The van der Waals surface area contributed by atoms with Crippen LogP contribution in [-0.2, 0) is 14.3 Å². The fourth-order valence-corrected chi connectivity index (χ4v) is 1.86. The first-order valence-electron chi connectivity index (χ1n) is 6.07. The molecule has 0 saturated carbocycles. The van der Waals surface area contributed by atoms with Crippen molar-refractivity contribution in [2.24, 2.45) is 0 Å². The molecule has 0 aromatic carbocycles. The van der Waals surface area contributed by atoms with Crippen LogP contribution in [0.5, 0.6) is 0 Å². The summed E-state index contributed by atoms with van der Waals surface area (Å²) < 4.78 is 11.3. The highest BCUT2D eigenvalue weighted by Gasteiger charge is 2.34. The molecule has 1 heterocycles. The van der Waals surface area contributed by atoms with E-state index in [9.17, 15) is 0 Å². The van der Waals surface area contributed by atoms with Gasteiger partial charge in [-0.1, -0.05) is 0 Å². The number of hydrogen-bond acceptors (Lipinski definition) is 5. The fourth-order valence-electron chi connectivity index (χ4n) is 1.86. The van der Waals surface area contributed by atoms with Crippen molar-refractivity contribution in [3.8, 4) is 0 Å². The SMILES string of the molecule is CC(=O)O.CC1(C)O[C@H](CCO)C[C@H](CCO)O1. The predicted octanol–water partition coefficient (Wildman–Crippen LogP) is 0.752. The summed E-state index contributed by atoms with van der Waals surface area (Å²) in [7, 11) is 0. The summed E-state index contributed by atoms with van der Waals surface area (Å²) in [6.45, 7) is 5.07. The van der Waals surface area contributed by atoms with Crippen molar-refractivity contribution in [2.45, 2.75) is 58.0 Å². The number of aliphatic carboxylic acids is 1. The van der Waals surface area contributed by atoms with Crippen molar-refractivity contribution in [3.05, 3.63) is 0 Å². The molecular weight excluding hydrogens is 240 g/mol. The van der Waals surface area contributed by atoms with Crippen molar-refractivity contribution in [1.82, 2.24) is 0 Å². The van der Waals surface area contributed by atoms with Gasteiger partial charge >= 0.3 is 0 Å². The third-order valence-corrected chi connectivity index (χ3v) is 2.33. The Bertz CT molecular complexity index is 221. The molecule has 1 fully saturated rings. The second-order valence-corrected chi connectivity index (χ2v) is 4.66. The van der Waals surface area contributed by atoms with Crippen LogP contribution in [0.15, 0.2) is 0 Å². The van der Waals surface area contributed by atoms with Crippen LogP contribution in [0, 0.1) is 0 Å². The standard InChI is InChI=1S/C10H20O4.C2H4O2/c1-10(2)13-8(3-5-11)7-9(14-10)4-6-12;1-2(3)4/h8-9,11-12H,3-7H2,1-2H3;1H3,(H,3,4)/t8-,9+;. The van der Waals surface area contributed by atoms with Crippen molar-refractivity contribution in [1.29, 1.82) is 0 Å². The van der Waals surface area contributed by atoms with Gasteiger partial charge in [0.15, 0.2) is 5.79 Å². The molecule has 2 atom stereocenters. The monoisotopic (exact) mass is 264 g/mol. The molecule has 0 aromatic heterocycles. The number of aliphatic hydroxyl groups is 2. The minimum Gasteiger partial charge on any atom is -0.481 e. The van der Waals surface area contributed by atoms with Gasteiger partial charge in [-0.2, -0.15) is 0 Å². The first kappa shape index (κ1) is 17.3. The maximum atomic E-state index is 9.00. The van der Waals surface area contributed by atoms with Gasteiger partial charge in [0.1, 0.15) is 0 Å². The quantitative estimate of drug-likeness (QED) is 0.693. The molecule has 0 unspecified atom stereocenters. The lowest BCUT2D eigenvalue weighted by Gasteiger charge is -2.40. The Balaban J connectivity index is 0.000000631. The zero-order chi connectivity index (χ0) is 14.2. The van der Waals surface area contributed by atoms with Gasteiger partial charge in [0.25, 0.3) is 5.97 Å². The van der Waals surface area contributed by atoms with Crippen molar-refractivity contribution >= 4 is 5.97 Å². The predicted molar refractivity (Wildman–Crippen MR) is 65.2 cm³/mol. The molecule has 1 saturated heterocycles. The Morgan fingerprint density at radius 2 is 1.50 bits per heavy atom. The molecular formula is C12H24O6. The first-order valence-corrected chi connectivity index (χ1v) is 6.07. The van der Waals surface area contributed by atoms with Crippen molar-refractivity contribution < 1.29 is 29.6 Å². The first-order chi connectivity index (χ1) is 8.30. The molecule has 0 aromatic rings. The van der Waals surface area contributed by atoms with E-state index >= 15 is 0 Å². The maximum absolute atomic E-state index is 9.00. The number of carboxylic acids is 1. The van der Waals surface area contributed by atoms with E-state index in [-0.39, 0.29) is 25.4 Å². The molecule has 1 rings (SSSR count). The summed E-state index contributed by atoms with van der Waals surface area (Å²) in [6.07, 6.45) is 2.11. The molecule has 0 aliphatic carbocycles. The molecule has 6 heteroatoms. The molecule has 0 amide bonds. The number of hydrogen-bond donors (Lipinski definition) is 3. The second-order valence-electron chi connectivity index (χ2n) is 4.66. The topological polar surface area (TPSA) is 96.2 Å². The van der Waals surface area contributed by atoms with E-state index in [0.717, 1.165) is 13.3 Å². The molecule has 108 valence electrons. The lowest BCUT2D eigenvalue weighted by Crippen LogP contribution is -2.45. The van der Waals surface area contributed by atoms with E-state index in [0.29, 0.717) is 12.8 Å². The summed E-state index contributed by atoms with van der Waals surface area (Å²) in [5.74, 6) is -1.43. The number of aliphatic hydroxyl groups excluding tert-OH is 2. The van der Waals surface area contributed by atoms with Gasteiger partial charge in [0.2, 0.25) is 0 Å².